The maximum absolute atomic E-state index is 11.0. The molecule has 0 radical (unpaired) electrons. The number of benzene rings is 1. The largest absolute Gasteiger partial charge is 0.502 e. The average Bonchev–Trinajstić information content (AvgIpc) is 2.70. The first-order valence-corrected chi connectivity index (χ1v) is 8.86. The lowest BCUT2D eigenvalue weighted by Gasteiger charge is -2.26. The molecule has 1 saturated heterocycles. The van der Waals surface area contributed by atoms with Crippen molar-refractivity contribution >= 4 is 39.7 Å². The fourth-order valence-electron chi connectivity index (χ4n) is 2.39. The zero-order chi connectivity index (χ0) is 20.1. The van der Waals surface area contributed by atoms with E-state index < -0.39 is 16.4 Å². The van der Waals surface area contributed by atoms with Crippen LogP contribution in [0.5, 0.6) is 11.8 Å². The van der Waals surface area contributed by atoms with E-state index in [1.165, 1.54) is 25.5 Å². The molecule has 2 N–H and O–H groups in total. The number of hydrogen-bond acceptors (Lipinski definition) is 11. The van der Waals surface area contributed by atoms with Crippen molar-refractivity contribution in [3.8, 4) is 11.8 Å². The Morgan fingerprint density at radius 2 is 2.14 bits per heavy atom. The number of phenolic OH excluding ortho intramolecular Hbond substituents is 1. The molecule has 13 heteroatoms. The normalized spacial score (nSPS) is 14.3. The summed E-state index contributed by atoms with van der Waals surface area (Å²) in [7, 11) is 1.43. The van der Waals surface area contributed by atoms with Crippen molar-refractivity contribution < 1.29 is 19.5 Å². The number of methoxy groups -OCH3 is 1. The summed E-state index contributed by atoms with van der Waals surface area (Å²) >= 11 is 3.16. The van der Waals surface area contributed by atoms with Crippen LogP contribution in [-0.2, 0) is 4.74 Å². The van der Waals surface area contributed by atoms with Gasteiger partial charge in [-0.3, -0.25) is 10.1 Å². The van der Waals surface area contributed by atoms with Crippen molar-refractivity contribution in [2.24, 2.45) is 5.10 Å². The number of morpholine rings is 1. The van der Waals surface area contributed by atoms with Gasteiger partial charge < -0.3 is 19.5 Å². The van der Waals surface area contributed by atoms with Crippen LogP contribution in [0, 0.1) is 10.1 Å². The standard InChI is InChI=1S/C15H16BrN7O5/c1-27-15-19-13(18-14(20-15)22-2-4-28-5-3-22)21-17-8-9-6-10(16)7-11(12(9)24)23(25)26/h6-8,24H,2-5H2,1H3,(H,18,19,20,21)/b17-8-. The van der Waals surface area contributed by atoms with Crippen molar-refractivity contribution in [1.82, 2.24) is 15.0 Å². The van der Waals surface area contributed by atoms with Crippen LogP contribution in [0.3, 0.4) is 0 Å². The van der Waals surface area contributed by atoms with Gasteiger partial charge in [-0.1, -0.05) is 15.9 Å². The van der Waals surface area contributed by atoms with Crippen LogP contribution >= 0.6 is 15.9 Å². The Morgan fingerprint density at radius 3 is 2.82 bits per heavy atom. The Hall–Kier alpha value is -3.06. The van der Waals surface area contributed by atoms with Crippen LogP contribution in [0.4, 0.5) is 17.6 Å². The molecule has 1 aliphatic heterocycles. The molecule has 1 fully saturated rings. The van der Waals surface area contributed by atoms with Crippen LogP contribution in [0.25, 0.3) is 0 Å². The van der Waals surface area contributed by atoms with Crippen LogP contribution in [0.2, 0.25) is 0 Å². The van der Waals surface area contributed by atoms with Gasteiger partial charge in [0.1, 0.15) is 0 Å². The quantitative estimate of drug-likeness (QED) is 0.374. The molecule has 0 saturated carbocycles. The maximum atomic E-state index is 11.0. The number of halogens is 1. The minimum atomic E-state index is -0.684. The Balaban J connectivity index is 1.81. The molecule has 0 amide bonds. The molecule has 12 nitrogen and oxygen atoms in total. The number of nitro benzene ring substituents is 1. The minimum Gasteiger partial charge on any atom is -0.502 e. The zero-order valence-electron chi connectivity index (χ0n) is 14.7. The minimum absolute atomic E-state index is 0.107. The van der Waals surface area contributed by atoms with Crippen LogP contribution in [0.15, 0.2) is 21.7 Å². The van der Waals surface area contributed by atoms with Crippen molar-refractivity contribution in [3.63, 3.8) is 0 Å². The molecule has 3 rings (SSSR count). The Kier molecular flexibility index (Phi) is 6.16. The second kappa shape index (κ2) is 8.75. The number of hydrazone groups is 1. The monoisotopic (exact) mass is 453 g/mol. The van der Waals surface area contributed by atoms with Gasteiger partial charge in [-0.25, -0.2) is 5.43 Å². The second-order valence-electron chi connectivity index (χ2n) is 5.53. The molecule has 148 valence electrons. The first kappa shape index (κ1) is 19.7. The van der Waals surface area contributed by atoms with Crippen LogP contribution in [0.1, 0.15) is 5.56 Å². The third kappa shape index (κ3) is 4.61. The predicted octanol–water partition coefficient (Wildman–Crippen LogP) is 1.54. The number of nitrogens with one attached hydrogen (secondary N) is 1. The number of ether oxygens (including phenoxy) is 2. The Labute approximate surface area is 167 Å². The fourth-order valence-corrected chi connectivity index (χ4v) is 2.86. The first-order chi connectivity index (χ1) is 13.5. The lowest BCUT2D eigenvalue weighted by Crippen LogP contribution is -2.37. The number of nitrogens with zero attached hydrogens (tertiary/aromatic N) is 6. The van der Waals surface area contributed by atoms with Crippen molar-refractivity contribution in [1.29, 1.82) is 0 Å². The first-order valence-electron chi connectivity index (χ1n) is 8.06. The number of rotatable bonds is 6. The molecular formula is C15H16BrN7O5. The van der Waals surface area contributed by atoms with Gasteiger partial charge in [0.2, 0.25) is 11.7 Å². The number of aromatic nitrogens is 3. The fraction of sp³-hybridized carbons (Fsp3) is 0.333. The number of hydrogen-bond donors (Lipinski definition) is 2. The van der Waals surface area contributed by atoms with Crippen LogP contribution in [-0.4, -0.2) is 64.6 Å². The third-order valence-corrected chi connectivity index (χ3v) is 4.19. The van der Waals surface area contributed by atoms with E-state index >= 15 is 0 Å². The van der Waals surface area contributed by atoms with Gasteiger partial charge in [0.05, 0.1) is 31.5 Å². The van der Waals surface area contributed by atoms with Crippen LogP contribution < -0.4 is 15.1 Å². The number of phenols is 1. The highest BCUT2D eigenvalue weighted by Gasteiger charge is 2.18. The van der Waals surface area contributed by atoms with E-state index in [4.69, 9.17) is 9.47 Å². The van der Waals surface area contributed by atoms with Crippen molar-refractivity contribution in [2.45, 2.75) is 0 Å². The molecule has 0 atom stereocenters. The van der Waals surface area contributed by atoms with E-state index in [2.05, 4.69) is 41.4 Å². The number of aromatic hydroxyl groups is 1. The van der Waals surface area contributed by atoms with E-state index in [1.54, 1.807) is 0 Å². The van der Waals surface area contributed by atoms with E-state index in [1.807, 2.05) is 4.90 Å². The highest BCUT2D eigenvalue weighted by atomic mass is 79.9. The van der Waals surface area contributed by atoms with E-state index in [0.29, 0.717) is 36.7 Å². The SMILES string of the molecule is COc1nc(N/N=C\c2cc(Br)cc([N+](=O)[O-])c2O)nc(N2CCOCC2)n1. The number of nitro groups is 1. The van der Waals surface area contributed by atoms with Gasteiger partial charge in [0.15, 0.2) is 0 Å². The lowest BCUT2D eigenvalue weighted by atomic mass is 10.2. The highest BCUT2D eigenvalue weighted by Crippen LogP contribution is 2.32. The summed E-state index contributed by atoms with van der Waals surface area (Å²) in [5.74, 6) is 0.0309. The van der Waals surface area contributed by atoms with Gasteiger partial charge in [0, 0.05) is 29.2 Å². The summed E-state index contributed by atoms with van der Waals surface area (Å²) in [5, 5.41) is 25.0. The van der Waals surface area contributed by atoms with Gasteiger partial charge in [-0.15, -0.1) is 0 Å². The van der Waals surface area contributed by atoms with Crippen molar-refractivity contribution in [3.05, 3.63) is 32.3 Å². The van der Waals surface area contributed by atoms with E-state index in [9.17, 15) is 15.2 Å². The molecular weight excluding hydrogens is 438 g/mol. The zero-order valence-corrected chi connectivity index (χ0v) is 16.3. The molecule has 0 aliphatic carbocycles. The molecule has 1 aromatic carbocycles. The Morgan fingerprint density at radius 1 is 1.39 bits per heavy atom. The molecule has 2 heterocycles. The van der Waals surface area contributed by atoms with E-state index in [0.717, 1.165) is 0 Å². The molecule has 0 unspecified atom stereocenters. The summed E-state index contributed by atoms with van der Waals surface area (Å²) < 4.78 is 10.8. The summed E-state index contributed by atoms with van der Waals surface area (Å²) in [6.45, 7) is 2.39. The predicted molar refractivity (Wildman–Crippen MR) is 103 cm³/mol. The second-order valence-corrected chi connectivity index (χ2v) is 6.45. The Bertz CT molecular complexity index is 905. The summed E-state index contributed by atoms with van der Waals surface area (Å²) in [6.07, 6.45) is 1.22. The number of anilines is 2. The lowest BCUT2D eigenvalue weighted by molar-refractivity contribution is -0.385. The van der Waals surface area contributed by atoms with Gasteiger partial charge >= 0.3 is 11.7 Å². The molecule has 0 spiro atoms. The molecule has 0 bridgehead atoms. The van der Waals surface area contributed by atoms with Gasteiger partial charge in [-0.2, -0.15) is 20.1 Å². The molecule has 2 aromatic rings. The summed E-state index contributed by atoms with van der Waals surface area (Å²) in [5.41, 5.74) is 2.32. The summed E-state index contributed by atoms with van der Waals surface area (Å²) in [6, 6.07) is 2.79. The molecule has 28 heavy (non-hydrogen) atoms. The highest BCUT2D eigenvalue weighted by molar-refractivity contribution is 9.10. The smallest absolute Gasteiger partial charge is 0.322 e. The average molecular weight is 454 g/mol. The maximum Gasteiger partial charge on any atom is 0.322 e. The molecule has 1 aliphatic rings. The van der Waals surface area contributed by atoms with E-state index in [-0.39, 0.29) is 17.5 Å². The van der Waals surface area contributed by atoms with Gasteiger partial charge in [-0.05, 0) is 6.07 Å². The van der Waals surface area contributed by atoms with Crippen molar-refractivity contribution in [2.75, 3.05) is 43.7 Å². The van der Waals surface area contributed by atoms with Gasteiger partial charge in [0.25, 0.3) is 5.95 Å². The third-order valence-electron chi connectivity index (χ3n) is 3.73. The summed E-state index contributed by atoms with van der Waals surface area (Å²) in [4.78, 5) is 24.8. The topological polar surface area (TPSA) is 148 Å². The molecule has 1 aromatic heterocycles.